The van der Waals surface area contributed by atoms with Gasteiger partial charge in [-0.2, -0.15) is 0 Å². The molecule has 0 heterocycles. The molecule has 1 saturated carbocycles. The van der Waals surface area contributed by atoms with Crippen LogP contribution < -0.4 is 5.32 Å². The van der Waals surface area contributed by atoms with E-state index in [0.29, 0.717) is 18.0 Å². The average molecular weight is 293 g/mol. The number of hydrogen-bond donors (Lipinski definition) is 2. The van der Waals surface area contributed by atoms with Crippen LogP contribution in [0.3, 0.4) is 0 Å². The van der Waals surface area contributed by atoms with E-state index >= 15 is 0 Å². The van der Waals surface area contributed by atoms with Gasteiger partial charge in [-0.15, -0.1) is 0 Å². The molecule has 1 aliphatic rings. The first-order chi connectivity index (χ1) is 10.2. The normalized spacial score (nSPS) is 21.9. The first-order valence-corrected chi connectivity index (χ1v) is 7.80. The van der Waals surface area contributed by atoms with Crippen LogP contribution in [0.5, 0.6) is 0 Å². The van der Waals surface area contributed by atoms with Gasteiger partial charge in [0, 0.05) is 19.1 Å². The minimum absolute atomic E-state index is 0.0160. The summed E-state index contributed by atoms with van der Waals surface area (Å²) >= 11 is 0. The van der Waals surface area contributed by atoms with E-state index in [0.717, 1.165) is 25.7 Å². The van der Waals surface area contributed by atoms with Crippen LogP contribution >= 0.6 is 0 Å². The predicted molar refractivity (Wildman–Crippen MR) is 80.4 cm³/mol. The van der Waals surface area contributed by atoms with Crippen molar-refractivity contribution in [3.63, 3.8) is 0 Å². The van der Waals surface area contributed by atoms with E-state index in [-0.39, 0.29) is 30.2 Å². The van der Waals surface area contributed by atoms with E-state index in [4.69, 9.17) is 5.11 Å². The van der Waals surface area contributed by atoms with Gasteiger partial charge in [0.15, 0.2) is 0 Å². The van der Waals surface area contributed by atoms with Crippen molar-refractivity contribution in [3.8, 4) is 0 Å². The summed E-state index contributed by atoms with van der Waals surface area (Å²) in [4.78, 5) is 12.1. The van der Waals surface area contributed by atoms with Crippen molar-refractivity contribution in [1.82, 2.24) is 5.32 Å². The summed E-state index contributed by atoms with van der Waals surface area (Å²) < 4.78 is 13.7. The summed E-state index contributed by atoms with van der Waals surface area (Å²) in [5, 5.41) is 12.0. The Bertz CT molecular complexity index is 472. The Morgan fingerprint density at radius 3 is 2.86 bits per heavy atom. The van der Waals surface area contributed by atoms with Gasteiger partial charge in [0.25, 0.3) is 0 Å². The molecule has 21 heavy (non-hydrogen) atoms. The lowest BCUT2D eigenvalue weighted by molar-refractivity contribution is -0.122. The van der Waals surface area contributed by atoms with Crippen molar-refractivity contribution in [2.75, 3.05) is 13.2 Å². The first-order valence-electron chi connectivity index (χ1n) is 7.80. The minimum atomic E-state index is -0.220. The topological polar surface area (TPSA) is 49.3 Å². The van der Waals surface area contributed by atoms with Crippen molar-refractivity contribution >= 4 is 5.91 Å². The third kappa shape index (κ3) is 4.27. The highest BCUT2D eigenvalue weighted by Crippen LogP contribution is 2.48. The van der Waals surface area contributed by atoms with Crippen LogP contribution in [0.25, 0.3) is 0 Å². The molecule has 1 aliphatic carbocycles. The van der Waals surface area contributed by atoms with Crippen molar-refractivity contribution in [1.29, 1.82) is 0 Å². The Balaban J connectivity index is 1.82. The second-order valence-corrected chi connectivity index (χ2v) is 5.88. The monoisotopic (exact) mass is 293 g/mol. The molecule has 3 unspecified atom stereocenters. The molecule has 3 nitrogen and oxygen atoms in total. The number of carbonyl (C=O) groups excluding carboxylic acids is 1. The third-order valence-electron chi connectivity index (χ3n) is 4.23. The van der Waals surface area contributed by atoms with Gasteiger partial charge in [0.2, 0.25) is 5.91 Å². The predicted octanol–water partition coefficient (Wildman–Crippen LogP) is 2.84. The van der Waals surface area contributed by atoms with E-state index in [1.807, 2.05) is 6.07 Å². The molecule has 3 atom stereocenters. The zero-order valence-corrected chi connectivity index (χ0v) is 12.5. The molecule has 1 aromatic carbocycles. The Kier molecular flexibility index (Phi) is 5.74. The Hall–Kier alpha value is -1.42. The molecule has 0 bridgehead atoms. The zero-order valence-electron chi connectivity index (χ0n) is 12.5. The molecule has 0 radical (unpaired) electrons. The molecule has 0 aromatic heterocycles. The quantitative estimate of drug-likeness (QED) is 0.774. The van der Waals surface area contributed by atoms with Gasteiger partial charge in [0.1, 0.15) is 5.82 Å². The minimum Gasteiger partial charge on any atom is -0.396 e. The van der Waals surface area contributed by atoms with E-state index in [1.54, 1.807) is 12.1 Å². The van der Waals surface area contributed by atoms with Crippen LogP contribution in [0, 0.1) is 17.7 Å². The highest BCUT2D eigenvalue weighted by molar-refractivity contribution is 5.82. The number of hydrogen-bond acceptors (Lipinski definition) is 2. The maximum absolute atomic E-state index is 13.7. The number of benzene rings is 1. The van der Waals surface area contributed by atoms with Gasteiger partial charge in [-0.05, 0) is 42.7 Å². The average Bonchev–Trinajstić information content (AvgIpc) is 3.26. The molecule has 2 rings (SSSR count). The van der Waals surface area contributed by atoms with Crippen LogP contribution in [0.1, 0.15) is 44.1 Å². The van der Waals surface area contributed by atoms with E-state index in [9.17, 15) is 9.18 Å². The molecule has 116 valence electrons. The van der Waals surface area contributed by atoms with Gasteiger partial charge in [-0.1, -0.05) is 31.5 Å². The van der Waals surface area contributed by atoms with E-state index in [1.165, 1.54) is 6.07 Å². The molecule has 2 N–H and O–H groups in total. The number of halogens is 1. The lowest BCUT2D eigenvalue weighted by Gasteiger charge is -2.15. The molecule has 1 amide bonds. The standard InChI is InChI=1S/C17H24FNO2/c1-2-5-12(8-9-20)11-19-17(21)15-10-14(15)13-6-3-4-7-16(13)18/h3-4,6-7,12,14-15,20H,2,5,8-11H2,1H3,(H,19,21). The van der Waals surface area contributed by atoms with Gasteiger partial charge in [0.05, 0.1) is 0 Å². The number of carbonyl (C=O) groups is 1. The summed E-state index contributed by atoms with van der Waals surface area (Å²) in [7, 11) is 0. The molecule has 1 aromatic rings. The second-order valence-electron chi connectivity index (χ2n) is 5.88. The van der Waals surface area contributed by atoms with Crippen LogP contribution in [-0.4, -0.2) is 24.2 Å². The number of aliphatic hydroxyl groups excluding tert-OH is 1. The maximum Gasteiger partial charge on any atom is 0.223 e. The van der Waals surface area contributed by atoms with Gasteiger partial charge in [-0.3, -0.25) is 4.79 Å². The van der Waals surface area contributed by atoms with Crippen LogP contribution in [0.15, 0.2) is 24.3 Å². The molecule has 1 fully saturated rings. The number of amides is 1. The largest absolute Gasteiger partial charge is 0.396 e. The zero-order chi connectivity index (χ0) is 15.2. The molecule has 0 spiro atoms. The molecular weight excluding hydrogens is 269 g/mol. The SMILES string of the molecule is CCCC(CCO)CNC(=O)C1CC1c1ccccc1F. The smallest absolute Gasteiger partial charge is 0.223 e. The highest BCUT2D eigenvalue weighted by atomic mass is 19.1. The maximum atomic E-state index is 13.7. The molecule has 4 heteroatoms. The first kappa shape index (κ1) is 16.0. The van der Waals surface area contributed by atoms with Crippen LogP contribution in [-0.2, 0) is 4.79 Å². The van der Waals surface area contributed by atoms with Crippen LogP contribution in [0.4, 0.5) is 4.39 Å². The second kappa shape index (κ2) is 7.55. The third-order valence-corrected chi connectivity index (χ3v) is 4.23. The van der Waals surface area contributed by atoms with Crippen LogP contribution in [0.2, 0.25) is 0 Å². The van der Waals surface area contributed by atoms with E-state index in [2.05, 4.69) is 12.2 Å². The van der Waals surface area contributed by atoms with Gasteiger partial charge < -0.3 is 10.4 Å². The fraction of sp³-hybridized carbons (Fsp3) is 0.588. The fourth-order valence-corrected chi connectivity index (χ4v) is 2.92. The number of aliphatic hydroxyl groups is 1. The molecule has 0 saturated heterocycles. The van der Waals surface area contributed by atoms with Crippen molar-refractivity contribution in [2.45, 2.75) is 38.5 Å². The lowest BCUT2D eigenvalue weighted by Crippen LogP contribution is -2.31. The molecule has 0 aliphatic heterocycles. The van der Waals surface area contributed by atoms with Crippen molar-refractivity contribution < 1.29 is 14.3 Å². The summed E-state index contributed by atoms with van der Waals surface area (Å²) in [6.45, 7) is 2.86. The Morgan fingerprint density at radius 2 is 2.19 bits per heavy atom. The van der Waals surface area contributed by atoms with Crippen molar-refractivity contribution in [3.05, 3.63) is 35.6 Å². The van der Waals surface area contributed by atoms with Gasteiger partial charge in [-0.25, -0.2) is 4.39 Å². The van der Waals surface area contributed by atoms with Gasteiger partial charge >= 0.3 is 0 Å². The summed E-state index contributed by atoms with van der Waals surface area (Å²) in [5.41, 5.74) is 0.651. The fourth-order valence-electron chi connectivity index (χ4n) is 2.92. The Labute approximate surface area is 125 Å². The van der Waals surface area contributed by atoms with E-state index < -0.39 is 0 Å². The lowest BCUT2D eigenvalue weighted by atomic mass is 10.00. The van der Waals surface area contributed by atoms with Crippen molar-refractivity contribution in [2.24, 2.45) is 11.8 Å². The summed E-state index contributed by atoms with van der Waals surface area (Å²) in [6, 6.07) is 6.69. The Morgan fingerprint density at radius 1 is 1.43 bits per heavy atom. The number of nitrogens with one attached hydrogen (secondary N) is 1. The highest BCUT2D eigenvalue weighted by Gasteiger charge is 2.45. The summed E-state index contributed by atoms with van der Waals surface area (Å²) in [6.07, 6.45) is 3.49. The number of rotatable bonds is 8. The summed E-state index contributed by atoms with van der Waals surface area (Å²) in [5.74, 6) is 0.0471. The molecular formula is C17H24FNO2.